The Kier molecular flexibility index (Phi) is 4.85. The maximum Gasteiger partial charge on any atom is 0.192 e. The van der Waals surface area contributed by atoms with Gasteiger partial charge in [-0.25, -0.2) is 0 Å². The molecule has 144 valence electrons. The average Bonchev–Trinajstić information content (AvgIpc) is 3.10. The van der Waals surface area contributed by atoms with Crippen LogP contribution < -0.4 is 0 Å². The molecule has 4 nitrogen and oxygen atoms in total. The van der Waals surface area contributed by atoms with E-state index in [9.17, 15) is 4.79 Å². The van der Waals surface area contributed by atoms with E-state index in [1.54, 1.807) is 23.1 Å². The second-order valence-corrected chi connectivity index (χ2v) is 10.1. The molecule has 2 heterocycles. The third-order valence-electron chi connectivity index (χ3n) is 5.59. The normalized spacial score (nSPS) is 16.9. The SMILES string of the molecule is C[C@H](Sc1nnc(Cc2cccs2)n1C1CC1)C(=O)c1ccc2c(c1)CCC2. The van der Waals surface area contributed by atoms with E-state index >= 15 is 0 Å². The molecular formula is C22H23N3OS2. The van der Waals surface area contributed by atoms with Gasteiger partial charge < -0.3 is 4.57 Å². The molecule has 2 aliphatic carbocycles. The summed E-state index contributed by atoms with van der Waals surface area (Å²) in [6, 6.07) is 11.0. The molecule has 1 saturated carbocycles. The molecule has 1 aromatic carbocycles. The van der Waals surface area contributed by atoms with E-state index in [1.165, 1.54) is 35.3 Å². The molecule has 0 saturated heterocycles. The lowest BCUT2D eigenvalue weighted by Crippen LogP contribution is -2.15. The number of aromatic nitrogens is 3. The van der Waals surface area contributed by atoms with Crippen molar-refractivity contribution in [3.63, 3.8) is 0 Å². The molecule has 0 bridgehead atoms. The molecule has 28 heavy (non-hydrogen) atoms. The number of thioether (sulfide) groups is 1. The Labute approximate surface area is 173 Å². The van der Waals surface area contributed by atoms with E-state index in [4.69, 9.17) is 0 Å². The maximum atomic E-state index is 13.0. The molecule has 3 aromatic rings. The van der Waals surface area contributed by atoms with Crippen LogP contribution in [0.25, 0.3) is 0 Å². The molecule has 2 aromatic heterocycles. The third-order valence-corrected chi connectivity index (χ3v) is 7.53. The third kappa shape index (κ3) is 3.55. The first-order valence-corrected chi connectivity index (χ1v) is 11.7. The second kappa shape index (κ2) is 7.48. The molecule has 0 N–H and O–H groups in total. The van der Waals surface area contributed by atoms with Gasteiger partial charge in [0.2, 0.25) is 0 Å². The van der Waals surface area contributed by atoms with Crippen LogP contribution in [0.4, 0.5) is 0 Å². The predicted octanol–water partition coefficient (Wildman–Crippen LogP) is 5.12. The standard InChI is InChI=1S/C22H23N3OS2/c1-14(21(26)17-8-7-15-4-2-5-16(15)12-17)28-22-24-23-20(25(22)18-9-10-18)13-19-6-3-11-27-19/h3,6-8,11-12,14,18H,2,4-5,9-10,13H2,1H3/t14-/m0/s1. The number of hydrogen-bond acceptors (Lipinski definition) is 5. The van der Waals surface area contributed by atoms with Gasteiger partial charge in [0.25, 0.3) is 0 Å². The Morgan fingerprint density at radius 1 is 1.25 bits per heavy atom. The van der Waals surface area contributed by atoms with E-state index in [0.717, 1.165) is 35.8 Å². The van der Waals surface area contributed by atoms with Crippen molar-refractivity contribution in [1.29, 1.82) is 0 Å². The minimum Gasteiger partial charge on any atom is -0.303 e. The van der Waals surface area contributed by atoms with Gasteiger partial charge in [-0.15, -0.1) is 21.5 Å². The van der Waals surface area contributed by atoms with Crippen LogP contribution in [0.1, 0.15) is 64.4 Å². The van der Waals surface area contributed by atoms with Crippen molar-refractivity contribution >= 4 is 28.9 Å². The fourth-order valence-corrected chi connectivity index (χ4v) is 5.67. The number of fused-ring (bicyclic) bond motifs is 1. The first kappa shape index (κ1) is 18.1. The fourth-order valence-electron chi connectivity index (χ4n) is 3.95. The Hall–Kier alpha value is -1.92. The molecule has 2 aliphatic rings. The van der Waals surface area contributed by atoms with Crippen LogP contribution in [0.15, 0.2) is 40.9 Å². The summed E-state index contributed by atoms with van der Waals surface area (Å²) in [5.41, 5.74) is 3.59. The van der Waals surface area contributed by atoms with Crippen molar-refractivity contribution in [3.05, 3.63) is 63.1 Å². The van der Waals surface area contributed by atoms with Crippen molar-refractivity contribution in [1.82, 2.24) is 14.8 Å². The predicted molar refractivity (Wildman–Crippen MR) is 114 cm³/mol. The van der Waals surface area contributed by atoms with Gasteiger partial charge in [0.1, 0.15) is 5.82 Å². The second-order valence-electron chi connectivity index (χ2n) is 7.72. The largest absolute Gasteiger partial charge is 0.303 e. The molecule has 1 fully saturated rings. The topological polar surface area (TPSA) is 47.8 Å². The number of ketones is 1. The highest BCUT2D eigenvalue weighted by atomic mass is 32.2. The summed E-state index contributed by atoms with van der Waals surface area (Å²) in [4.78, 5) is 14.3. The first-order chi connectivity index (χ1) is 13.7. The molecule has 0 aliphatic heterocycles. The van der Waals surface area contributed by atoms with E-state index in [2.05, 4.69) is 44.4 Å². The molecule has 0 spiro atoms. The number of rotatable bonds is 7. The number of aryl methyl sites for hydroxylation is 2. The molecule has 1 atom stereocenters. The number of carbonyl (C=O) groups excluding carboxylic acids is 1. The van der Waals surface area contributed by atoms with Crippen LogP contribution in [0.2, 0.25) is 0 Å². The quantitative estimate of drug-likeness (QED) is 0.401. The van der Waals surface area contributed by atoms with Crippen LogP contribution in [-0.2, 0) is 19.3 Å². The number of nitrogens with zero attached hydrogens (tertiary/aromatic N) is 3. The van der Waals surface area contributed by atoms with Crippen molar-refractivity contribution in [2.75, 3.05) is 0 Å². The van der Waals surface area contributed by atoms with Gasteiger partial charge in [-0.2, -0.15) is 0 Å². The monoisotopic (exact) mass is 409 g/mol. The summed E-state index contributed by atoms with van der Waals surface area (Å²) in [6.45, 7) is 1.99. The summed E-state index contributed by atoms with van der Waals surface area (Å²) >= 11 is 3.30. The highest BCUT2D eigenvalue weighted by molar-refractivity contribution is 8.00. The van der Waals surface area contributed by atoms with E-state index < -0.39 is 0 Å². The number of hydrogen-bond donors (Lipinski definition) is 0. The Balaban J connectivity index is 1.35. The number of benzene rings is 1. The summed E-state index contributed by atoms with van der Waals surface area (Å²) in [5, 5.41) is 11.7. The Morgan fingerprint density at radius 2 is 2.11 bits per heavy atom. The van der Waals surface area contributed by atoms with E-state index in [0.29, 0.717) is 6.04 Å². The number of carbonyl (C=O) groups is 1. The highest BCUT2D eigenvalue weighted by Gasteiger charge is 2.31. The van der Waals surface area contributed by atoms with Gasteiger partial charge in [0.05, 0.1) is 5.25 Å². The van der Waals surface area contributed by atoms with E-state index in [1.807, 2.05) is 13.0 Å². The molecule has 5 rings (SSSR count). The summed E-state index contributed by atoms with van der Waals surface area (Å²) < 4.78 is 2.27. The molecule has 6 heteroatoms. The van der Waals surface area contributed by atoms with Crippen molar-refractivity contribution in [2.45, 2.75) is 61.9 Å². The lowest BCUT2D eigenvalue weighted by Gasteiger charge is -2.13. The minimum absolute atomic E-state index is 0.171. The number of Topliss-reactive ketones (excluding diaryl/α,β-unsaturated/α-hetero) is 1. The molecule has 0 amide bonds. The Morgan fingerprint density at radius 3 is 2.89 bits per heavy atom. The van der Waals surface area contributed by atoms with Gasteiger partial charge in [0.15, 0.2) is 10.9 Å². The zero-order chi connectivity index (χ0) is 19.1. The summed E-state index contributed by atoms with van der Waals surface area (Å²) in [5.74, 6) is 1.20. The smallest absolute Gasteiger partial charge is 0.192 e. The summed E-state index contributed by atoms with van der Waals surface area (Å²) in [6.07, 6.45) is 6.61. The van der Waals surface area contributed by atoms with Crippen molar-refractivity contribution in [2.24, 2.45) is 0 Å². The van der Waals surface area contributed by atoms with Gasteiger partial charge in [-0.3, -0.25) is 4.79 Å². The molecule has 0 unspecified atom stereocenters. The van der Waals surface area contributed by atoms with Crippen molar-refractivity contribution < 1.29 is 4.79 Å². The van der Waals surface area contributed by atoms with Crippen LogP contribution in [-0.4, -0.2) is 25.8 Å². The van der Waals surface area contributed by atoms with Gasteiger partial charge in [0, 0.05) is 22.9 Å². The number of thiophene rings is 1. The van der Waals surface area contributed by atoms with E-state index in [-0.39, 0.29) is 11.0 Å². The van der Waals surface area contributed by atoms with Gasteiger partial charge >= 0.3 is 0 Å². The fraction of sp³-hybridized carbons (Fsp3) is 0.409. The lowest BCUT2D eigenvalue weighted by atomic mass is 10.0. The lowest BCUT2D eigenvalue weighted by molar-refractivity contribution is 0.0993. The molecule has 0 radical (unpaired) electrons. The van der Waals surface area contributed by atoms with Crippen LogP contribution >= 0.6 is 23.1 Å². The van der Waals surface area contributed by atoms with Gasteiger partial charge in [-0.05, 0) is 67.7 Å². The average molecular weight is 410 g/mol. The van der Waals surface area contributed by atoms with Crippen LogP contribution in [0.3, 0.4) is 0 Å². The zero-order valence-corrected chi connectivity index (χ0v) is 17.6. The molecular weight excluding hydrogens is 386 g/mol. The zero-order valence-electron chi connectivity index (χ0n) is 15.9. The highest BCUT2D eigenvalue weighted by Crippen LogP contribution is 2.40. The van der Waals surface area contributed by atoms with Gasteiger partial charge in [-0.1, -0.05) is 30.0 Å². The van der Waals surface area contributed by atoms with Crippen LogP contribution in [0, 0.1) is 0 Å². The first-order valence-electron chi connectivity index (χ1n) is 9.98. The van der Waals surface area contributed by atoms with Crippen LogP contribution in [0.5, 0.6) is 0 Å². The Bertz CT molecular complexity index is 1000. The summed E-state index contributed by atoms with van der Waals surface area (Å²) in [7, 11) is 0. The minimum atomic E-state index is -0.171. The van der Waals surface area contributed by atoms with Crippen molar-refractivity contribution in [3.8, 4) is 0 Å². The maximum absolute atomic E-state index is 13.0.